The number of hydrogen-bond acceptors (Lipinski definition) is 1. The Balaban J connectivity index is 1.35. The molecule has 10 rings (SSSR count). The Morgan fingerprint density at radius 1 is 0.378 bits per heavy atom. The highest BCUT2D eigenvalue weighted by molar-refractivity contribution is 6.16. The maximum atomic E-state index is 4.59. The number of rotatable bonds is 2. The molecule has 2 aliphatic rings. The van der Waals surface area contributed by atoms with Gasteiger partial charge >= 0.3 is 0 Å². The first-order valence-corrected chi connectivity index (χ1v) is 15.6. The zero-order valence-corrected chi connectivity index (χ0v) is 24.5. The Bertz CT molecular complexity index is 2420. The van der Waals surface area contributed by atoms with E-state index in [1.807, 2.05) is 18.3 Å². The first-order chi connectivity index (χ1) is 22.3. The Morgan fingerprint density at radius 2 is 0.978 bits per heavy atom. The van der Waals surface area contributed by atoms with Crippen LogP contribution in [0.4, 0.5) is 0 Å². The maximum absolute atomic E-state index is 4.59. The van der Waals surface area contributed by atoms with Crippen LogP contribution in [0.3, 0.4) is 0 Å². The van der Waals surface area contributed by atoms with Gasteiger partial charge in [0.2, 0.25) is 0 Å². The smallest absolute Gasteiger partial charge is 0.0726 e. The molecule has 0 saturated carbocycles. The zero-order valence-electron chi connectivity index (χ0n) is 24.5. The highest BCUT2D eigenvalue weighted by Gasteiger charge is 2.52. The van der Waals surface area contributed by atoms with Gasteiger partial charge in [0.25, 0.3) is 0 Å². The fourth-order valence-corrected chi connectivity index (χ4v) is 8.35. The van der Waals surface area contributed by atoms with Crippen molar-refractivity contribution in [3.63, 3.8) is 0 Å². The van der Waals surface area contributed by atoms with E-state index in [-0.39, 0.29) is 0 Å². The van der Waals surface area contributed by atoms with E-state index in [0.717, 1.165) is 11.3 Å². The van der Waals surface area contributed by atoms with Crippen molar-refractivity contribution in [2.45, 2.75) is 5.41 Å². The van der Waals surface area contributed by atoms with Crippen LogP contribution in [0.5, 0.6) is 0 Å². The predicted molar refractivity (Wildman–Crippen MR) is 186 cm³/mol. The van der Waals surface area contributed by atoms with E-state index in [4.69, 9.17) is 0 Å². The summed E-state index contributed by atoms with van der Waals surface area (Å²) in [5.74, 6) is 0. The lowest BCUT2D eigenvalue weighted by molar-refractivity contribution is 0.795. The Kier molecular flexibility index (Phi) is 4.99. The molecule has 45 heavy (non-hydrogen) atoms. The molecule has 2 aliphatic carbocycles. The molecule has 0 saturated heterocycles. The molecule has 8 aromatic rings. The molecule has 7 aromatic carbocycles. The van der Waals surface area contributed by atoms with Crippen LogP contribution in [0.1, 0.15) is 22.3 Å². The molecular weight excluding hydrogens is 542 g/mol. The van der Waals surface area contributed by atoms with Crippen molar-refractivity contribution in [2.24, 2.45) is 0 Å². The molecular formula is C44H27N. The summed E-state index contributed by atoms with van der Waals surface area (Å²) in [5, 5.41) is 5.16. The fraction of sp³-hybridized carbons (Fsp3) is 0.0227. The summed E-state index contributed by atoms with van der Waals surface area (Å²) >= 11 is 0. The Hall–Kier alpha value is -5.79. The average Bonchev–Trinajstić information content (AvgIpc) is 3.59. The molecule has 0 N–H and O–H groups in total. The predicted octanol–water partition coefficient (Wildman–Crippen LogP) is 11.1. The van der Waals surface area contributed by atoms with Crippen molar-refractivity contribution >= 4 is 21.5 Å². The first kappa shape index (κ1) is 24.6. The van der Waals surface area contributed by atoms with Gasteiger partial charge < -0.3 is 0 Å². The lowest BCUT2D eigenvalue weighted by Gasteiger charge is -2.31. The summed E-state index contributed by atoms with van der Waals surface area (Å²) in [6.07, 6.45) is 1.86. The van der Waals surface area contributed by atoms with Gasteiger partial charge in [-0.3, -0.25) is 4.98 Å². The van der Waals surface area contributed by atoms with E-state index in [1.54, 1.807) is 0 Å². The van der Waals surface area contributed by atoms with Crippen LogP contribution in [-0.4, -0.2) is 4.98 Å². The molecule has 0 amide bonds. The highest BCUT2D eigenvalue weighted by atomic mass is 14.7. The number of benzene rings is 7. The lowest BCUT2D eigenvalue weighted by Crippen LogP contribution is -2.26. The third-order valence-corrected chi connectivity index (χ3v) is 10.1. The standard InChI is InChI=1S/C44H27N/c1-2-12-31-28(11-1)24-25-39-42(31)43-35-16-4-3-13-32(35)36(29-20-22-30(23-21-29)41-19-9-10-26-45-41)27-40(43)44(39)37-17-7-5-14-33(37)34-15-6-8-18-38(34)44/h1-27H. The third kappa shape index (κ3) is 3.20. The molecule has 0 unspecified atom stereocenters. The van der Waals surface area contributed by atoms with E-state index in [1.165, 1.54) is 77.2 Å². The quantitative estimate of drug-likeness (QED) is 0.202. The Labute approximate surface area is 262 Å². The van der Waals surface area contributed by atoms with Crippen LogP contribution >= 0.6 is 0 Å². The number of pyridine rings is 1. The molecule has 1 spiro atoms. The van der Waals surface area contributed by atoms with Crippen LogP contribution in [0, 0.1) is 0 Å². The second-order valence-corrected chi connectivity index (χ2v) is 12.2. The summed E-state index contributed by atoms with van der Waals surface area (Å²) in [6.45, 7) is 0. The maximum Gasteiger partial charge on any atom is 0.0726 e. The minimum atomic E-state index is -0.408. The van der Waals surface area contributed by atoms with Crippen molar-refractivity contribution in [3.05, 3.63) is 186 Å². The third-order valence-electron chi connectivity index (χ3n) is 10.1. The largest absolute Gasteiger partial charge is 0.256 e. The van der Waals surface area contributed by atoms with Crippen LogP contribution in [0.25, 0.3) is 66.2 Å². The average molecular weight is 570 g/mol. The summed E-state index contributed by atoms with van der Waals surface area (Å²) in [5.41, 5.74) is 15.0. The second-order valence-electron chi connectivity index (χ2n) is 12.2. The lowest BCUT2D eigenvalue weighted by atomic mass is 9.70. The molecule has 1 nitrogen and oxygen atoms in total. The van der Waals surface area contributed by atoms with E-state index >= 15 is 0 Å². The van der Waals surface area contributed by atoms with Gasteiger partial charge in [-0.2, -0.15) is 0 Å². The van der Waals surface area contributed by atoms with Crippen LogP contribution in [0.15, 0.2) is 164 Å². The minimum Gasteiger partial charge on any atom is -0.256 e. The summed E-state index contributed by atoms with van der Waals surface area (Å²) in [4.78, 5) is 4.59. The molecule has 1 heteroatoms. The monoisotopic (exact) mass is 569 g/mol. The van der Waals surface area contributed by atoms with Crippen molar-refractivity contribution in [1.29, 1.82) is 0 Å². The summed E-state index contributed by atoms with van der Waals surface area (Å²) in [6, 6.07) is 58.3. The van der Waals surface area contributed by atoms with Crippen LogP contribution in [-0.2, 0) is 5.41 Å². The summed E-state index contributed by atoms with van der Waals surface area (Å²) in [7, 11) is 0. The molecule has 0 fully saturated rings. The van der Waals surface area contributed by atoms with E-state index in [0.29, 0.717) is 0 Å². The molecule has 0 bridgehead atoms. The molecule has 208 valence electrons. The minimum absolute atomic E-state index is 0.408. The first-order valence-electron chi connectivity index (χ1n) is 15.6. The van der Waals surface area contributed by atoms with Crippen molar-refractivity contribution in [3.8, 4) is 44.6 Å². The van der Waals surface area contributed by atoms with Crippen LogP contribution < -0.4 is 0 Å². The highest BCUT2D eigenvalue weighted by Crippen LogP contribution is 2.65. The second kappa shape index (κ2) is 9.11. The van der Waals surface area contributed by atoms with Gasteiger partial charge in [0.05, 0.1) is 11.1 Å². The van der Waals surface area contributed by atoms with Gasteiger partial charge in [0.1, 0.15) is 0 Å². The van der Waals surface area contributed by atoms with Gasteiger partial charge in [-0.1, -0.05) is 140 Å². The number of hydrogen-bond donors (Lipinski definition) is 0. The van der Waals surface area contributed by atoms with E-state index in [2.05, 4.69) is 151 Å². The topological polar surface area (TPSA) is 12.9 Å². The molecule has 0 radical (unpaired) electrons. The van der Waals surface area contributed by atoms with Gasteiger partial charge in [-0.05, 0) is 95.4 Å². The van der Waals surface area contributed by atoms with Crippen molar-refractivity contribution in [1.82, 2.24) is 4.98 Å². The van der Waals surface area contributed by atoms with Gasteiger partial charge in [-0.15, -0.1) is 0 Å². The van der Waals surface area contributed by atoms with E-state index < -0.39 is 5.41 Å². The zero-order chi connectivity index (χ0) is 29.5. The van der Waals surface area contributed by atoms with Crippen molar-refractivity contribution in [2.75, 3.05) is 0 Å². The van der Waals surface area contributed by atoms with Gasteiger partial charge in [0, 0.05) is 11.8 Å². The van der Waals surface area contributed by atoms with E-state index in [9.17, 15) is 0 Å². The fourth-order valence-electron chi connectivity index (χ4n) is 8.35. The number of aromatic nitrogens is 1. The molecule has 1 aromatic heterocycles. The molecule has 0 aliphatic heterocycles. The molecule has 0 atom stereocenters. The number of fused-ring (bicyclic) bond motifs is 14. The van der Waals surface area contributed by atoms with Crippen molar-refractivity contribution < 1.29 is 0 Å². The SMILES string of the molecule is c1ccc(-c2ccc(-c3cc4c(c5ccccc35)-c3c(ccc5ccccc35)C43c4ccccc4-c4ccccc43)cc2)nc1. The Morgan fingerprint density at radius 3 is 1.71 bits per heavy atom. The van der Waals surface area contributed by atoms with Gasteiger partial charge in [0.15, 0.2) is 0 Å². The molecule has 1 heterocycles. The van der Waals surface area contributed by atoms with Gasteiger partial charge in [-0.25, -0.2) is 0 Å². The van der Waals surface area contributed by atoms with Crippen LogP contribution in [0.2, 0.25) is 0 Å². The summed E-state index contributed by atoms with van der Waals surface area (Å²) < 4.78 is 0. The normalized spacial score (nSPS) is 13.5. The number of nitrogens with zero attached hydrogens (tertiary/aromatic N) is 1.